The fourth-order valence-corrected chi connectivity index (χ4v) is 3.20. The van der Waals surface area contributed by atoms with E-state index in [9.17, 15) is 22.8 Å². The maximum absolute atomic E-state index is 12.7. The second-order valence-electron chi connectivity index (χ2n) is 6.68. The highest BCUT2D eigenvalue weighted by molar-refractivity contribution is 5.99. The summed E-state index contributed by atoms with van der Waals surface area (Å²) in [6.45, 7) is 0.815. The average molecular weight is 388 g/mol. The lowest BCUT2D eigenvalue weighted by Crippen LogP contribution is -2.41. The van der Waals surface area contributed by atoms with E-state index in [0.717, 1.165) is 17.7 Å². The molecule has 0 bridgehead atoms. The number of piperidine rings is 1. The molecule has 0 radical (unpaired) electrons. The fourth-order valence-electron chi connectivity index (χ4n) is 3.20. The van der Waals surface area contributed by atoms with Crippen molar-refractivity contribution < 1.29 is 22.8 Å². The van der Waals surface area contributed by atoms with Crippen molar-refractivity contribution in [2.45, 2.75) is 19.0 Å². The molecule has 1 unspecified atom stereocenters. The third-order valence-electron chi connectivity index (χ3n) is 4.73. The SMILES string of the molecule is O=C(c1ccc(C(F)(F)F)cc1)C1CCCN(C(=O)C=Cc2ccncc2)C1. The van der Waals surface area contributed by atoms with Gasteiger partial charge in [-0.3, -0.25) is 14.6 Å². The smallest absolute Gasteiger partial charge is 0.338 e. The van der Waals surface area contributed by atoms with Crippen LogP contribution in [0.4, 0.5) is 13.2 Å². The maximum atomic E-state index is 12.7. The third kappa shape index (κ3) is 4.85. The number of ketones is 1. The number of amides is 1. The van der Waals surface area contributed by atoms with Gasteiger partial charge in [-0.15, -0.1) is 0 Å². The highest BCUT2D eigenvalue weighted by Gasteiger charge is 2.32. The Hall–Kier alpha value is -2.96. The topological polar surface area (TPSA) is 50.3 Å². The maximum Gasteiger partial charge on any atom is 0.416 e. The largest absolute Gasteiger partial charge is 0.416 e. The summed E-state index contributed by atoms with van der Waals surface area (Å²) in [5.41, 5.74) is 0.295. The number of aromatic nitrogens is 1. The minimum Gasteiger partial charge on any atom is -0.338 e. The molecule has 7 heteroatoms. The number of likely N-dealkylation sites (tertiary alicyclic amines) is 1. The number of carbonyl (C=O) groups excluding carboxylic acids is 2. The van der Waals surface area contributed by atoms with E-state index >= 15 is 0 Å². The van der Waals surface area contributed by atoms with E-state index in [1.54, 1.807) is 35.5 Å². The Morgan fingerprint density at radius 2 is 1.75 bits per heavy atom. The number of Topliss-reactive ketones (excluding diaryl/α,β-unsaturated/α-hetero) is 1. The van der Waals surface area contributed by atoms with Gasteiger partial charge in [0, 0.05) is 43.0 Å². The predicted molar refractivity (Wildman–Crippen MR) is 98.3 cm³/mol. The lowest BCUT2D eigenvalue weighted by molar-refractivity contribution is -0.137. The number of carbonyl (C=O) groups is 2. The molecule has 2 heterocycles. The lowest BCUT2D eigenvalue weighted by atomic mass is 9.89. The lowest BCUT2D eigenvalue weighted by Gasteiger charge is -2.31. The van der Waals surface area contributed by atoms with Crippen LogP contribution >= 0.6 is 0 Å². The zero-order valence-corrected chi connectivity index (χ0v) is 15.0. The molecular weight excluding hydrogens is 369 g/mol. The van der Waals surface area contributed by atoms with E-state index in [1.165, 1.54) is 18.2 Å². The monoisotopic (exact) mass is 388 g/mol. The Labute approximate surface area is 160 Å². The zero-order chi connectivity index (χ0) is 20.1. The van der Waals surface area contributed by atoms with Crippen molar-refractivity contribution in [3.63, 3.8) is 0 Å². The molecule has 0 saturated carbocycles. The highest BCUT2D eigenvalue weighted by Crippen LogP contribution is 2.30. The Kier molecular flexibility index (Phi) is 5.92. The van der Waals surface area contributed by atoms with Gasteiger partial charge in [0.1, 0.15) is 0 Å². The van der Waals surface area contributed by atoms with Gasteiger partial charge in [-0.2, -0.15) is 13.2 Å². The zero-order valence-electron chi connectivity index (χ0n) is 15.0. The van der Waals surface area contributed by atoms with Gasteiger partial charge in [0.15, 0.2) is 5.78 Å². The van der Waals surface area contributed by atoms with Crippen molar-refractivity contribution >= 4 is 17.8 Å². The van der Waals surface area contributed by atoms with Crippen LogP contribution in [-0.4, -0.2) is 34.7 Å². The number of rotatable bonds is 4. The second kappa shape index (κ2) is 8.37. The van der Waals surface area contributed by atoms with Crippen LogP contribution in [0.5, 0.6) is 0 Å². The van der Waals surface area contributed by atoms with Gasteiger partial charge in [-0.1, -0.05) is 12.1 Å². The standard InChI is InChI=1S/C21H19F3N2O2/c22-21(23,24)18-6-4-16(5-7-18)20(28)17-2-1-13-26(14-17)19(27)8-3-15-9-11-25-12-10-15/h3-12,17H,1-2,13-14H2. The first-order chi connectivity index (χ1) is 13.3. The van der Waals surface area contributed by atoms with Gasteiger partial charge in [-0.25, -0.2) is 0 Å². The Morgan fingerprint density at radius 1 is 1.07 bits per heavy atom. The van der Waals surface area contributed by atoms with Crippen molar-refractivity contribution in [2.75, 3.05) is 13.1 Å². The molecule has 1 aliphatic rings. The van der Waals surface area contributed by atoms with Crippen LogP contribution in [0.25, 0.3) is 6.08 Å². The van der Waals surface area contributed by atoms with E-state index < -0.39 is 17.7 Å². The van der Waals surface area contributed by atoms with Crippen LogP contribution in [0, 0.1) is 5.92 Å². The van der Waals surface area contributed by atoms with E-state index in [2.05, 4.69) is 4.98 Å². The molecule has 1 aromatic carbocycles. The number of pyridine rings is 1. The van der Waals surface area contributed by atoms with Crippen LogP contribution < -0.4 is 0 Å². The van der Waals surface area contributed by atoms with Gasteiger partial charge in [0.05, 0.1) is 5.56 Å². The van der Waals surface area contributed by atoms with Gasteiger partial charge >= 0.3 is 6.18 Å². The van der Waals surface area contributed by atoms with E-state index in [4.69, 9.17) is 0 Å². The summed E-state index contributed by atoms with van der Waals surface area (Å²) in [7, 11) is 0. The minimum absolute atomic E-state index is 0.193. The van der Waals surface area contributed by atoms with Crippen molar-refractivity contribution in [1.82, 2.24) is 9.88 Å². The first kappa shape index (κ1) is 19.8. The molecule has 0 N–H and O–H groups in total. The number of nitrogens with zero attached hydrogens (tertiary/aromatic N) is 2. The molecule has 28 heavy (non-hydrogen) atoms. The Morgan fingerprint density at radius 3 is 2.39 bits per heavy atom. The quantitative estimate of drug-likeness (QED) is 0.582. The summed E-state index contributed by atoms with van der Waals surface area (Å²) in [5.74, 6) is -0.838. The summed E-state index contributed by atoms with van der Waals surface area (Å²) < 4.78 is 38.0. The molecule has 1 aliphatic heterocycles. The van der Waals surface area contributed by atoms with Crippen molar-refractivity contribution in [3.05, 3.63) is 71.6 Å². The second-order valence-corrected chi connectivity index (χ2v) is 6.68. The first-order valence-electron chi connectivity index (χ1n) is 8.93. The van der Waals surface area contributed by atoms with Crippen LogP contribution in [0.1, 0.15) is 34.3 Å². The summed E-state index contributed by atoms with van der Waals surface area (Å²) in [6, 6.07) is 7.78. The van der Waals surface area contributed by atoms with E-state index in [0.29, 0.717) is 19.4 Å². The number of benzene rings is 1. The molecule has 3 rings (SSSR count). The molecule has 1 atom stereocenters. The molecule has 1 fully saturated rings. The van der Waals surface area contributed by atoms with Crippen LogP contribution in [0.15, 0.2) is 54.9 Å². The fraction of sp³-hybridized carbons (Fsp3) is 0.286. The predicted octanol–water partition coefficient (Wildman–Crippen LogP) is 4.24. The summed E-state index contributed by atoms with van der Waals surface area (Å²) in [4.78, 5) is 30.6. The molecular formula is C21H19F3N2O2. The normalized spacial score (nSPS) is 17.7. The number of alkyl halides is 3. The average Bonchev–Trinajstić information content (AvgIpc) is 2.72. The van der Waals surface area contributed by atoms with Crippen LogP contribution in [0.2, 0.25) is 0 Å². The van der Waals surface area contributed by atoms with Crippen molar-refractivity contribution in [3.8, 4) is 0 Å². The summed E-state index contributed by atoms with van der Waals surface area (Å²) >= 11 is 0. The van der Waals surface area contributed by atoms with Crippen LogP contribution in [-0.2, 0) is 11.0 Å². The van der Waals surface area contributed by atoms with Gasteiger partial charge < -0.3 is 4.90 Å². The Bertz CT molecular complexity index is 861. The van der Waals surface area contributed by atoms with Crippen LogP contribution in [0.3, 0.4) is 0 Å². The van der Waals surface area contributed by atoms with E-state index in [1.807, 2.05) is 0 Å². The summed E-state index contributed by atoms with van der Waals surface area (Å²) in [6.07, 6.45) is 3.25. The summed E-state index contributed by atoms with van der Waals surface area (Å²) in [5, 5.41) is 0. The van der Waals surface area contributed by atoms with Crippen molar-refractivity contribution in [2.24, 2.45) is 5.92 Å². The number of hydrogen-bond donors (Lipinski definition) is 0. The molecule has 1 aromatic heterocycles. The molecule has 0 aliphatic carbocycles. The third-order valence-corrected chi connectivity index (χ3v) is 4.73. The number of hydrogen-bond acceptors (Lipinski definition) is 3. The van der Waals surface area contributed by atoms with Gasteiger partial charge in [0.25, 0.3) is 0 Å². The molecule has 0 spiro atoms. The van der Waals surface area contributed by atoms with Gasteiger partial charge in [0.2, 0.25) is 5.91 Å². The molecule has 1 saturated heterocycles. The molecule has 1 amide bonds. The minimum atomic E-state index is -4.43. The number of halogens is 3. The first-order valence-corrected chi connectivity index (χ1v) is 8.93. The molecule has 146 valence electrons. The molecule has 4 nitrogen and oxygen atoms in total. The Balaban J connectivity index is 1.64. The molecule has 2 aromatic rings. The van der Waals surface area contributed by atoms with E-state index in [-0.39, 0.29) is 23.8 Å². The highest BCUT2D eigenvalue weighted by atomic mass is 19.4. The van der Waals surface area contributed by atoms with Crippen molar-refractivity contribution in [1.29, 1.82) is 0 Å². The van der Waals surface area contributed by atoms with Gasteiger partial charge in [-0.05, 0) is 48.7 Å².